The van der Waals surface area contributed by atoms with E-state index in [0.717, 1.165) is 57.0 Å². The third-order valence-electron chi connectivity index (χ3n) is 6.45. The minimum Gasteiger partial charge on any atom is -0.379 e. The number of hydrogen-bond acceptors (Lipinski definition) is 5. The highest BCUT2D eigenvalue weighted by Crippen LogP contribution is 2.21. The molecule has 1 aromatic heterocycles. The Balaban J connectivity index is 0.00000240. The summed E-state index contributed by atoms with van der Waals surface area (Å²) in [5, 5.41) is 12.2. The van der Waals surface area contributed by atoms with Gasteiger partial charge in [-0.25, -0.2) is 4.99 Å². The number of aromatic nitrogens is 3. The number of rotatable bonds is 5. The molecule has 1 unspecified atom stereocenters. The molecule has 1 N–H and O–H groups in total. The predicted octanol–water partition coefficient (Wildman–Crippen LogP) is 1.78. The third-order valence-corrected chi connectivity index (χ3v) is 6.45. The van der Waals surface area contributed by atoms with Gasteiger partial charge >= 0.3 is 0 Å². The topological polar surface area (TPSA) is 70.8 Å². The summed E-state index contributed by atoms with van der Waals surface area (Å²) in [6, 6.07) is 0.568. The molecule has 0 amide bonds. The second-order valence-electron chi connectivity index (χ2n) is 8.50. The molecule has 0 spiro atoms. The lowest BCUT2D eigenvalue weighted by Crippen LogP contribution is -2.45. The van der Waals surface area contributed by atoms with Gasteiger partial charge in [0.25, 0.3) is 0 Å². The molecular weight excluding hydrogens is 481 g/mol. The van der Waals surface area contributed by atoms with Crippen molar-refractivity contribution in [3.8, 4) is 0 Å². The Hall–Kier alpha value is -0.940. The van der Waals surface area contributed by atoms with Crippen molar-refractivity contribution in [2.75, 3.05) is 45.9 Å². The molecular formula is C20H36IN7O. The van der Waals surface area contributed by atoms with Crippen molar-refractivity contribution in [1.29, 1.82) is 0 Å². The molecule has 1 atom stereocenters. The summed E-state index contributed by atoms with van der Waals surface area (Å²) in [4.78, 5) is 9.99. The van der Waals surface area contributed by atoms with E-state index in [4.69, 9.17) is 9.73 Å². The Morgan fingerprint density at radius 3 is 2.59 bits per heavy atom. The predicted molar refractivity (Wildman–Crippen MR) is 125 cm³/mol. The van der Waals surface area contributed by atoms with Crippen LogP contribution < -0.4 is 5.32 Å². The Kier molecular flexibility index (Phi) is 8.55. The first kappa shape index (κ1) is 22.7. The summed E-state index contributed by atoms with van der Waals surface area (Å²) in [5.74, 6) is 3.64. The van der Waals surface area contributed by atoms with Crippen molar-refractivity contribution < 1.29 is 4.74 Å². The lowest BCUT2D eigenvalue weighted by Gasteiger charge is -2.29. The summed E-state index contributed by atoms with van der Waals surface area (Å²) in [5.41, 5.74) is 0. The van der Waals surface area contributed by atoms with Crippen LogP contribution >= 0.6 is 24.0 Å². The van der Waals surface area contributed by atoms with Gasteiger partial charge in [-0.3, -0.25) is 4.90 Å². The van der Waals surface area contributed by atoms with Crippen LogP contribution in [-0.4, -0.2) is 82.5 Å². The van der Waals surface area contributed by atoms with Crippen LogP contribution in [0.5, 0.6) is 0 Å². The van der Waals surface area contributed by atoms with Crippen LogP contribution in [0.1, 0.15) is 43.8 Å². The highest BCUT2D eigenvalue weighted by Gasteiger charge is 2.28. The van der Waals surface area contributed by atoms with Crippen LogP contribution in [0.4, 0.5) is 0 Å². The van der Waals surface area contributed by atoms with Gasteiger partial charge in [0, 0.05) is 45.8 Å². The van der Waals surface area contributed by atoms with Gasteiger partial charge in [0.1, 0.15) is 12.4 Å². The third kappa shape index (κ3) is 6.04. The van der Waals surface area contributed by atoms with E-state index in [1.165, 1.54) is 38.6 Å². The van der Waals surface area contributed by atoms with Crippen LogP contribution in [0.3, 0.4) is 0 Å². The minimum absolute atomic E-state index is 0. The molecule has 1 aromatic rings. The van der Waals surface area contributed by atoms with E-state index < -0.39 is 0 Å². The SMILES string of the molecule is Cc1nnc(CN=C(NC2CCCC2)N2CCC(CN3CCOCC3)C2)n1C.I. The quantitative estimate of drug-likeness (QED) is 0.365. The summed E-state index contributed by atoms with van der Waals surface area (Å²) in [6.07, 6.45) is 6.41. The van der Waals surface area contributed by atoms with Gasteiger partial charge < -0.3 is 19.5 Å². The van der Waals surface area contributed by atoms with Crippen LogP contribution in [-0.2, 0) is 18.3 Å². The van der Waals surface area contributed by atoms with Gasteiger partial charge in [-0.2, -0.15) is 0 Å². The molecule has 3 heterocycles. The van der Waals surface area contributed by atoms with Crippen molar-refractivity contribution in [2.24, 2.45) is 18.0 Å². The van der Waals surface area contributed by atoms with E-state index in [0.29, 0.717) is 18.5 Å². The first-order chi connectivity index (χ1) is 13.7. The number of nitrogens with zero attached hydrogens (tertiary/aromatic N) is 6. The van der Waals surface area contributed by atoms with Gasteiger partial charge in [-0.15, -0.1) is 34.2 Å². The number of aliphatic imine (C=N–C) groups is 1. The average Bonchev–Trinajstić information content (AvgIpc) is 3.44. The van der Waals surface area contributed by atoms with Crippen molar-refractivity contribution >= 4 is 29.9 Å². The zero-order valence-corrected chi connectivity index (χ0v) is 20.2. The first-order valence-corrected chi connectivity index (χ1v) is 10.9. The summed E-state index contributed by atoms with van der Waals surface area (Å²) >= 11 is 0. The van der Waals surface area contributed by atoms with E-state index in [-0.39, 0.29) is 24.0 Å². The lowest BCUT2D eigenvalue weighted by molar-refractivity contribution is 0.0315. The van der Waals surface area contributed by atoms with E-state index in [9.17, 15) is 0 Å². The first-order valence-electron chi connectivity index (χ1n) is 10.9. The van der Waals surface area contributed by atoms with E-state index in [1.807, 2.05) is 18.5 Å². The second-order valence-corrected chi connectivity index (χ2v) is 8.50. The van der Waals surface area contributed by atoms with Crippen molar-refractivity contribution in [2.45, 2.75) is 51.6 Å². The smallest absolute Gasteiger partial charge is 0.194 e. The standard InChI is InChI=1S/C20H35N7O.HI/c1-16-23-24-19(25(16)2)13-21-20(22-18-5-3-4-6-18)27-8-7-17(15-27)14-26-9-11-28-12-10-26;/h17-18H,3-15H2,1-2H3,(H,21,22);1H. The summed E-state index contributed by atoms with van der Waals surface area (Å²) in [7, 11) is 2.01. The van der Waals surface area contributed by atoms with Crippen LogP contribution in [0.2, 0.25) is 0 Å². The molecule has 0 aromatic carbocycles. The normalized spacial score (nSPS) is 24.1. The summed E-state index contributed by atoms with van der Waals surface area (Å²) in [6.45, 7) is 9.82. The van der Waals surface area contributed by atoms with E-state index >= 15 is 0 Å². The Morgan fingerprint density at radius 2 is 1.90 bits per heavy atom. The van der Waals surface area contributed by atoms with Gasteiger partial charge in [-0.05, 0) is 32.1 Å². The van der Waals surface area contributed by atoms with Gasteiger partial charge in [-0.1, -0.05) is 12.8 Å². The number of likely N-dealkylation sites (tertiary alicyclic amines) is 1. The van der Waals surface area contributed by atoms with Gasteiger partial charge in [0.05, 0.1) is 13.2 Å². The molecule has 29 heavy (non-hydrogen) atoms. The molecule has 3 aliphatic rings. The number of guanidine groups is 1. The van der Waals surface area contributed by atoms with Crippen LogP contribution in [0, 0.1) is 12.8 Å². The highest BCUT2D eigenvalue weighted by molar-refractivity contribution is 14.0. The van der Waals surface area contributed by atoms with E-state index in [1.54, 1.807) is 0 Å². The number of nitrogens with one attached hydrogen (secondary N) is 1. The van der Waals surface area contributed by atoms with Gasteiger partial charge in [0.2, 0.25) is 0 Å². The number of aryl methyl sites for hydroxylation is 1. The number of halogens is 1. The highest BCUT2D eigenvalue weighted by atomic mass is 127. The fourth-order valence-electron chi connectivity index (χ4n) is 4.55. The van der Waals surface area contributed by atoms with Crippen LogP contribution in [0.15, 0.2) is 4.99 Å². The average molecular weight is 517 g/mol. The fraction of sp³-hybridized carbons (Fsp3) is 0.850. The minimum atomic E-state index is 0. The molecule has 4 rings (SSSR count). The van der Waals surface area contributed by atoms with E-state index in [2.05, 4.69) is 25.3 Å². The molecule has 8 nitrogen and oxygen atoms in total. The fourth-order valence-corrected chi connectivity index (χ4v) is 4.55. The maximum Gasteiger partial charge on any atom is 0.194 e. The molecule has 2 aliphatic heterocycles. The molecule has 0 radical (unpaired) electrons. The second kappa shape index (κ2) is 10.9. The van der Waals surface area contributed by atoms with Crippen molar-refractivity contribution in [1.82, 2.24) is 29.9 Å². The molecule has 3 fully saturated rings. The monoisotopic (exact) mass is 517 g/mol. The van der Waals surface area contributed by atoms with Crippen LogP contribution in [0.25, 0.3) is 0 Å². The molecule has 164 valence electrons. The molecule has 0 bridgehead atoms. The maximum atomic E-state index is 5.49. The Labute approximate surface area is 191 Å². The molecule has 1 aliphatic carbocycles. The lowest BCUT2D eigenvalue weighted by atomic mass is 10.1. The Morgan fingerprint density at radius 1 is 1.14 bits per heavy atom. The van der Waals surface area contributed by atoms with Crippen molar-refractivity contribution in [3.63, 3.8) is 0 Å². The zero-order chi connectivity index (χ0) is 19.3. The maximum absolute atomic E-state index is 5.49. The molecule has 1 saturated carbocycles. The molecule has 9 heteroatoms. The Bertz CT molecular complexity index is 668. The number of ether oxygens (including phenoxy) is 1. The largest absolute Gasteiger partial charge is 0.379 e. The summed E-state index contributed by atoms with van der Waals surface area (Å²) < 4.78 is 7.52. The number of morpholine rings is 1. The zero-order valence-electron chi connectivity index (χ0n) is 17.8. The number of hydrogen-bond donors (Lipinski definition) is 1. The van der Waals surface area contributed by atoms with Crippen molar-refractivity contribution in [3.05, 3.63) is 11.6 Å². The molecule has 2 saturated heterocycles. The van der Waals surface area contributed by atoms with Gasteiger partial charge in [0.15, 0.2) is 11.8 Å².